The molecule has 2 aromatic rings. The van der Waals surface area contributed by atoms with E-state index in [0.29, 0.717) is 12.8 Å². The van der Waals surface area contributed by atoms with Crippen molar-refractivity contribution in [2.45, 2.75) is 37.1 Å². The van der Waals surface area contributed by atoms with Gasteiger partial charge in [0.15, 0.2) is 0 Å². The highest BCUT2D eigenvalue weighted by atomic mass is 19.3. The van der Waals surface area contributed by atoms with E-state index < -0.39 is 48.3 Å². The van der Waals surface area contributed by atoms with Gasteiger partial charge in [-0.2, -0.15) is 0 Å². The summed E-state index contributed by atoms with van der Waals surface area (Å²) in [4.78, 5) is 37.3. The molecule has 0 aromatic heterocycles. The van der Waals surface area contributed by atoms with Gasteiger partial charge in [0, 0.05) is 25.0 Å². The third kappa shape index (κ3) is 4.24. The summed E-state index contributed by atoms with van der Waals surface area (Å²) < 4.78 is 34.2. The van der Waals surface area contributed by atoms with Gasteiger partial charge in [-0.05, 0) is 35.1 Å². The number of ether oxygens (including phenoxy) is 1. The maximum atomic E-state index is 14.4. The summed E-state index contributed by atoms with van der Waals surface area (Å²) >= 11 is 0. The van der Waals surface area contributed by atoms with Gasteiger partial charge in [-0.3, -0.25) is 9.59 Å². The quantitative estimate of drug-likeness (QED) is 0.622. The number of hydrogen-bond acceptors (Lipinski definition) is 4. The van der Waals surface area contributed by atoms with Crippen molar-refractivity contribution >= 4 is 18.0 Å². The summed E-state index contributed by atoms with van der Waals surface area (Å²) in [7, 11) is 0. The Balaban J connectivity index is 1.16. The van der Waals surface area contributed by atoms with E-state index in [1.165, 1.54) is 4.90 Å². The predicted molar refractivity (Wildman–Crippen MR) is 122 cm³/mol. The first-order chi connectivity index (χ1) is 16.8. The molecule has 184 valence electrons. The van der Waals surface area contributed by atoms with Crippen LogP contribution in [0.5, 0.6) is 0 Å². The van der Waals surface area contributed by atoms with E-state index in [-0.39, 0.29) is 25.5 Å². The Morgan fingerprint density at radius 1 is 1.06 bits per heavy atom. The number of hydrogen-bond donors (Lipinski definition) is 2. The molecule has 9 heteroatoms. The molecule has 3 aliphatic rings. The fraction of sp³-hybridized carbons (Fsp3) is 0.423. The minimum Gasteiger partial charge on any atom is -0.481 e. The zero-order valence-electron chi connectivity index (χ0n) is 19.0. The number of nitrogens with zero attached hydrogens (tertiary/aromatic N) is 1. The van der Waals surface area contributed by atoms with Gasteiger partial charge in [0.05, 0.1) is 12.3 Å². The number of carboxylic acids is 1. The topological polar surface area (TPSA) is 95.9 Å². The van der Waals surface area contributed by atoms with Crippen LogP contribution in [0, 0.1) is 11.8 Å². The molecule has 0 unspecified atom stereocenters. The van der Waals surface area contributed by atoms with Gasteiger partial charge < -0.3 is 20.1 Å². The molecular weight excluding hydrogens is 458 g/mol. The Labute approximate surface area is 201 Å². The number of alkyl carbamates (subject to hydrolysis) is 1. The molecule has 2 amide bonds. The first-order valence-corrected chi connectivity index (χ1v) is 11.8. The summed E-state index contributed by atoms with van der Waals surface area (Å²) in [5, 5.41) is 11.4. The van der Waals surface area contributed by atoms with Crippen molar-refractivity contribution < 1.29 is 33.0 Å². The summed E-state index contributed by atoms with van der Waals surface area (Å²) in [5.74, 6) is -8.08. The van der Waals surface area contributed by atoms with Crippen LogP contribution in [0.4, 0.5) is 13.6 Å². The monoisotopic (exact) mass is 484 g/mol. The van der Waals surface area contributed by atoms with Crippen LogP contribution < -0.4 is 5.32 Å². The lowest BCUT2D eigenvalue weighted by Crippen LogP contribution is -2.39. The predicted octanol–water partition coefficient (Wildman–Crippen LogP) is 3.87. The molecule has 2 N–H and O–H groups in total. The van der Waals surface area contributed by atoms with E-state index in [1.54, 1.807) is 0 Å². The molecule has 0 bridgehead atoms. The van der Waals surface area contributed by atoms with Crippen LogP contribution in [0.1, 0.15) is 36.3 Å². The number of rotatable bonds is 7. The average molecular weight is 484 g/mol. The number of aliphatic carboxylic acids is 1. The van der Waals surface area contributed by atoms with Crippen LogP contribution in [0.3, 0.4) is 0 Å². The molecule has 7 nitrogen and oxygen atoms in total. The SMILES string of the molecule is O=C(O)C[C@@H]1CCCN1C(=O)[C@@H]1[C@H](CNC(=O)OCC2c3ccccc3-c3ccccc32)C1(F)F. The highest BCUT2D eigenvalue weighted by molar-refractivity contribution is 5.85. The number of carbonyl (C=O) groups excluding carboxylic acids is 2. The molecule has 0 radical (unpaired) electrons. The van der Waals surface area contributed by atoms with Crippen LogP contribution in [-0.4, -0.2) is 59.6 Å². The third-order valence-corrected chi connectivity index (χ3v) is 7.35. The van der Waals surface area contributed by atoms with Crippen LogP contribution in [-0.2, 0) is 14.3 Å². The molecule has 2 aromatic carbocycles. The van der Waals surface area contributed by atoms with E-state index in [9.17, 15) is 23.2 Å². The molecule has 1 aliphatic heterocycles. The van der Waals surface area contributed by atoms with Gasteiger partial charge in [0.25, 0.3) is 5.92 Å². The minimum atomic E-state index is -3.25. The standard InChI is InChI=1S/C26H26F2N2O5/c27-26(28)21(23(26)24(33)30-11-5-6-15(30)12-22(31)32)13-29-25(34)35-14-20-18-9-3-1-7-16(18)17-8-2-4-10-19(17)20/h1-4,7-10,15,20-21,23H,5-6,11-14H2,(H,29,34)(H,31,32)/t15-,21-,23-/m0/s1. The maximum Gasteiger partial charge on any atom is 0.407 e. The van der Waals surface area contributed by atoms with Crippen molar-refractivity contribution in [1.82, 2.24) is 10.2 Å². The number of halogens is 2. The maximum absolute atomic E-state index is 14.4. The minimum absolute atomic E-state index is 0.0634. The van der Waals surface area contributed by atoms with Crippen molar-refractivity contribution in [2.75, 3.05) is 19.7 Å². The van der Waals surface area contributed by atoms with E-state index in [1.807, 2.05) is 48.5 Å². The van der Waals surface area contributed by atoms with Crippen molar-refractivity contribution in [1.29, 1.82) is 0 Å². The fourth-order valence-electron chi connectivity index (χ4n) is 5.54. The van der Waals surface area contributed by atoms with Crippen molar-refractivity contribution in [3.05, 3.63) is 59.7 Å². The Morgan fingerprint density at radius 2 is 1.69 bits per heavy atom. The van der Waals surface area contributed by atoms with E-state index in [4.69, 9.17) is 9.84 Å². The number of likely N-dealkylation sites (tertiary alicyclic amines) is 1. The second kappa shape index (κ2) is 8.94. The first kappa shape index (κ1) is 23.3. The lowest BCUT2D eigenvalue weighted by Gasteiger charge is -2.23. The second-order valence-corrected chi connectivity index (χ2v) is 9.39. The van der Waals surface area contributed by atoms with Crippen LogP contribution in [0.25, 0.3) is 11.1 Å². The van der Waals surface area contributed by atoms with E-state index in [0.717, 1.165) is 22.3 Å². The highest BCUT2D eigenvalue weighted by Gasteiger charge is 2.72. The summed E-state index contributed by atoms with van der Waals surface area (Å²) in [6, 6.07) is 15.2. The molecule has 1 heterocycles. The zero-order chi connectivity index (χ0) is 24.7. The lowest BCUT2D eigenvalue weighted by molar-refractivity contribution is -0.141. The third-order valence-electron chi connectivity index (χ3n) is 7.35. The lowest BCUT2D eigenvalue weighted by atomic mass is 9.98. The first-order valence-electron chi connectivity index (χ1n) is 11.8. The van der Waals surface area contributed by atoms with Gasteiger partial charge in [-0.15, -0.1) is 0 Å². The molecule has 0 spiro atoms. The summed E-state index contributed by atoms with van der Waals surface area (Å²) in [5.41, 5.74) is 4.25. The Morgan fingerprint density at radius 3 is 2.31 bits per heavy atom. The molecule has 2 fully saturated rings. The number of fused-ring (bicyclic) bond motifs is 3. The van der Waals surface area contributed by atoms with Crippen LogP contribution >= 0.6 is 0 Å². The molecule has 5 rings (SSSR count). The van der Waals surface area contributed by atoms with Gasteiger partial charge in [0.2, 0.25) is 5.91 Å². The van der Waals surface area contributed by atoms with E-state index in [2.05, 4.69) is 5.32 Å². The zero-order valence-corrected chi connectivity index (χ0v) is 19.0. The van der Waals surface area contributed by atoms with Gasteiger partial charge >= 0.3 is 12.1 Å². The normalized spacial score (nSPS) is 23.9. The molecular formula is C26H26F2N2O5. The number of nitrogens with one attached hydrogen (secondary N) is 1. The van der Waals surface area contributed by atoms with Gasteiger partial charge in [-0.25, -0.2) is 13.6 Å². The molecule has 3 atom stereocenters. The molecule has 1 saturated carbocycles. The number of amides is 2. The van der Waals surface area contributed by atoms with E-state index >= 15 is 0 Å². The van der Waals surface area contributed by atoms with Crippen molar-refractivity contribution in [2.24, 2.45) is 11.8 Å². The number of benzene rings is 2. The average Bonchev–Trinajstić information content (AvgIpc) is 3.12. The van der Waals surface area contributed by atoms with Gasteiger partial charge in [-0.1, -0.05) is 48.5 Å². The van der Waals surface area contributed by atoms with Crippen LogP contribution in [0.2, 0.25) is 0 Å². The van der Waals surface area contributed by atoms with Crippen LogP contribution in [0.15, 0.2) is 48.5 Å². The largest absolute Gasteiger partial charge is 0.481 e. The highest BCUT2D eigenvalue weighted by Crippen LogP contribution is 2.56. The number of carbonyl (C=O) groups is 3. The fourth-order valence-corrected chi connectivity index (χ4v) is 5.54. The van der Waals surface area contributed by atoms with Gasteiger partial charge in [0.1, 0.15) is 12.5 Å². The summed E-state index contributed by atoms with van der Waals surface area (Å²) in [6.07, 6.45) is 0.00164. The molecule has 1 saturated heterocycles. The number of alkyl halides is 2. The Bertz CT molecular complexity index is 1120. The Hall–Kier alpha value is -3.49. The second-order valence-electron chi connectivity index (χ2n) is 9.39. The Kier molecular flexibility index (Phi) is 5.94. The molecule has 35 heavy (non-hydrogen) atoms. The smallest absolute Gasteiger partial charge is 0.407 e. The van der Waals surface area contributed by atoms with Crippen molar-refractivity contribution in [3.8, 4) is 11.1 Å². The van der Waals surface area contributed by atoms with Crippen molar-refractivity contribution in [3.63, 3.8) is 0 Å². The molecule has 2 aliphatic carbocycles. The number of carboxylic acid groups (broad SMARTS) is 1. The summed E-state index contributed by atoms with van der Waals surface area (Å²) in [6.45, 7) is -0.0542.